The van der Waals surface area contributed by atoms with Crippen LogP contribution in [0.15, 0.2) is 36.4 Å². The van der Waals surface area contributed by atoms with E-state index in [0.717, 1.165) is 23.3 Å². The molecular weight excluding hydrogens is 242 g/mol. The van der Waals surface area contributed by atoms with Gasteiger partial charge in [0.1, 0.15) is 0 Å². The highest BCUT2D eigenvalue weighted by atomic mass is 35.5. The van der Waals surface area contributed by atoms with E-state index in [1.165, 1.54) is 18.4 Å². The molecule has 0 heterocycles. The summed E-state index contributed by atoms with van der Waals surface area (Å²) >= 11 is 6.02. The molecule has 96 valence electrons. The van der Waals surface area contributed by atoms with E-state index in [4.69, 9.17) is 11.6 Å². The van der Waals surface area contributed by atoms with Crippen LogP contribution in [0.5, 0.6) is 0 Å². The second kappa shape index (κ2) is 5.07. The fraction of sp³-hybridized carbons (Fsp3) is 0.500. The van der Waals surface area contributed by atoms with E-state index in [1.807, 2.05) is 12.1 Å². The van der Waals surface area contributed by atoms with E-state index >= 15 is 0 Å². The third-order valence-corrected chi connectivity index (χ3v) is 4.53. The van der Waals surface area contributed by atoms with Gasteiger partial charge in [0, 0.05) is 17.1 Å². The molecule has 0 spiro atoms. The van der Waals surface area contributed by atoms with Crippen LogP contribution in [0.3, 0.4) is 0 Å². The molecule has 3 rings (SSSR count). The number of halogens is 1. The molecule has 18 heavy (non-hydrogen) atoms. The van der Waals surface area contributed by atoms with E-state index in [9.17, 15) is 0 Å². The number of fused-ring (bicyclic) bond motifs is 1. The number of allylic oxidation sites excluding steroid dienone is 1. The van der Waals surface area contributed by atoms with Crippen molar-refractivity contribution in [2.45, 2.75) is 38.3 Å². The maximum atomic E-state index is 6.02. The van der Waals surface area contributed by atoms with Gasteiger partial charge in [-0.1, -0.05) is 35.9 Å². The molecule has 2 heteroatoms. The molecule has 1 fully saturated rings. The van der Waals surface area contributed by atoms with Crippen molar-refractivity contribution in [2.24, 2.45) is 11.8 Å². The standard InChI is InChI=1S/C16H20ClN/c1-11(8-12-4-2-6-14(17)9-12)18-16-10-13-5-3-7-15(13)16/h2-4,6-7,9,11,13,15-16,18H,5,8,10H2,1H3. The second-order valence-electron chi connectivity index (χ2n) is 5.75. The molecular formula is C16H20ClN. The minimum absolute atomic E-state index is 0.517. The van der Waals surface area contributed by atoms with E-state index in [2.05, 4.69) is 36.5 Å². The first-order valence-electron chi connectivity index (χ1n) is 6.89. The number of benzene rings is 1. The third-order valence-electron chi connectivity index (χ3n) is 4.29. The van der Waals surface area contributed by atoms with Crippen molar-refractivity contribution >= 4 is 11.6 Å². The first-order chi connectivity index (χ1) is 8.72. The summed E-state index contributed by atoms with van der Waals surface area (Å²) in [7, 11) is 0. The summed E-state index contributed by atoms with van der Waals surface area (Å²) in [5.74, 6) is 1.73. The smallest absolute Gasteiger partial charge is 0.0408 e. The average Bonchev–Trinajstić information content (AvgIpc) is 2.68. The summed E-state index contributed by atoms with van der Waals surface area (Å²) < 4.78 is 0. The van der Waals surface area contributed by atoms with Crippen molar-refractivity contribution in [1.29, 1.82) is 0 Å². The highest BCUT2D eigenvalue weighted by Crippen LogP contribution is 2.42. The van der Waals surface area contributed by atoms with Gasteiger partial charge in [0.25, 0.3) is 0 Å². The zero-order valence-corrected chi connectivity index (χ0v) is 11.5. The first-order valence-corrected chi connectivity index (χ1v) is 7.27. The zero-order chi connectivity index (χ0) is 12.5. The normalized spacial score (nSPS) is 30.9. The molecule has 1 aromatic rings. The highest BCUT2D eigenvalue weighted by Gasteiger charge is 2.41. The third kappa shape index (κ3) is 2.48. The van der Waals surface area contributed by atoms with Crippen LogP contribution < -0.4 is 5.32 Å². The molecule has 0 bridgehead atoms. The van der Waals surface area contributed by atoms with Gasteiger partial charge in [0.2, 0.25) is 0 Å². The minimum Gasteiger partial charge on any atom is -0.311 e. The van der Waals surface area contributed by atoms with Crippen molar-refractivity contribution in [3.05, 3.63) is 47.0 Å². The molecule has 1 nitrogen and oxygen atoms in total. The monoisotopic (exact) mass is 261 g/mol. The van der Waals surface area contributed by atoms with Gasteiger partial charge < -0.3 is 5.32 Å². The van der Waals surface area contributed by atoms with E-state index in [0.29, 0.717) is 12.1 Å². The maximum Gasteiger partial charge on any atom is 0.0408 e. The average molecular weight is 262 g/mol. The predicted molar refractivity (Wildman–Crippen MR) is 76.9 cm³/mol. The summed E-state index contributed by atoms with van der Waals surface area (Å²) in [5, 5.41) is 4.60. The Hall–Kier alpha value is -0.790. The zero-order valence-electron chi connectivity index (χ0n) is 10.8. The van der Waals surface area contributed by atoms with Crippen LogP contribution in [0.2, 0.25) is 5.02 Å². The molecule has 0 radical (unpaired) electrons. The van der Waals surface area contributed by atoms with Crippen LogP contribution in [0.25, 0.3) is 0 Å². The lowest BCUT2D eigenvalue weighted by Gasteiger charge is -2.42. The van der Waals surface area contributed by atoms with Gasteiger partial charge in [-0.25, -0.2) is 0 Å². The fourth-order valence-corrected chi connectivity index (χ4v) is 3.56. The largest absolute Gasteiger partial charge is 0.311 e. The number of rotatable bonds is 4. The van der Waals surface area contributed by atoms with Crippen molar-refractivity contribution in [1.82, 2.24) is 5.32 Å². The van der Waals surface area contributed by atoms with E-state index in [1.54, 1.807) is 0 Å². The summed E-state index contributed by atoms with van der Waals surface area (Å²) in [5.41, 5.74) is 1.32. The van der Waals surface area contributed by atoms with E-state index < -0.39 is 0 Å². The first kappa shape index (κ1) is 12.3. The highest BCUT2D eigenvalue weighted by molar-refractivity contribution is 6.30. The maximum absolute atomic E-state index is 6.02. The molecule has 2 aliphatic rings. The molecule has 1 aromatic carbocycles. The topological polar surface area (TPSA) is 12.0 Å². The Bertz CT molecular complexity index is 454. The van der Waals surface area contributed by atoms with Gasteiger partial charge in [-0.05, 0) is 55.7 Å². The molecule has 0 aromatic heterocycles. The molecule has 2 aliphatic carbocycles. The van der Waals surface area contributed by atoms with Gasteiger partial charge in [-0.2, -0.15) is 0 Å². The van der Waals surface area contributed by atoms with Crippen LogP contribution in [-0.4, -0.2) is 12.1 Å². The molecule has 0 saturated heterocycles. The van der Waals surface area contributed by atoms with Gasteiger partial charge >= 0.3 is 0 Å². The molecule has 1 saturated carbocycles. The Balaban J connectivity index is 1.53. The summed E-state index contributed by atoms with van der Waals surface area (Å²) in [6.07, 6.45) is 8.44. The quantitative estimate of drug-likeness (QED) is 0.813. The Morgan fingerprint density at radius 3 is 3.11 bits per heavy atom. The summed E-state index contributed by atoms with van der Waals surface area (Å²) in [6, 6.07) is 9.40. The SMILES string of the molecule is CC(Cc1cccc(Cl)c1)NC1CC2CC=CC21. The molecule has 0 amide bonds. The molecule has 1 N–H and O–H groups in total. The second-order valence-corrected chi connectivity index (χ2v) is 6.18. The molecule has 4 unspecified atom stereocenters. The number of nitrogens with one attached hydrogen (secondary N) is 1. The van der Waals surface area contributed by atoms with Gasteiger partial charge in [0.15, 0.2) is 0 Å². The van der Waals surface area contributed by atoms with Crippen LogP contribution in [0, 0.1) is 11.8 Å². The Morgan fingerprint density at radius 2 is 2.33 bits per heavy atom. The van der Waals surface area contributed by atoms with Crippen molar-refractivity contribution in [2.75, 3.05) is 0 Å². The van der Waals surface area contributed by atoms with Crippen LogP contribution in [-0.2, 0) is 6.42 Å². The predicted octanol–water partition coefficient (Wildman–Crippen LogP) is 3.83. The van der Waals surface area contributed by atoms with Gasteiger partial charge in [-0.15, -0.1) is 0 Å². The van der Waals surface area contributed by atoms with Crippen molar-refractivity contribution in [3.63, 3.8) is 0 Å². The Labute approximate surface area is 114 Å². The van der Waals surface area contributed by atoms with Crippen molar-refractivity contribution < 1.29 is 0 Å². The minimum atomic E-state index is 0.517. The van der Waals surface area contributed by atoms with Crippen LogP contribution >= 0.6 is 11.6 Å². The van der Waals surface area contributed by atoms with Crippen LogP contribution in [0.4, 0.5) is 0 Å². The number of hydrogen-bond acceptors (Lipinski definition) is 1. The Morgan fingerprint density at radius 1 is 1.44 bits per heavy atom. The number of hydrogen-bond donors (Lipinski definition) is 1. The molecule has 0 aliphatic heterocycles. The summed E-state index contributed by atoms with van der Waals surface area (Å²) in [6.45, 7) is 2.27. The van der Waals surface area contributed by atoms with Gasteiger partial charge in [0.05, 0.1) is 0 Å². The lowest BCUT2D eigenvalue weighted by atomic mass is 9.71. The van der Waals surface area contributed by atoms with Crippen LogP contribution in [0.1, 0.15) is 25.3 Å². The van der Waals surface area contributed by atoms with E-state index in [-0.39, 0.29) is 0 Å². The lowest BCUT2D eigenvalue weighted by Crippen LogP contribution is -2.51. The van der Waals surface area contributed by atoms with Crippen molar-refractivity contribution in [3.8, 4) is 0 Å². The molecule has 4 atom stereocenters. The summed E-state index contributed by atoms with van der Waals surface area (Å²) in [4.78, 5) is 0. The lowest BCUT2D eigenvalue weighted by molar-refractivity contribution is 0.152. The van der Waals surface area contributed by atoms with Gasteiger partial charge in [-0.3, -0.25) is 0 Å². The fourth-order valence-electron chi connectivity index (χ4n) is 3.35. The Kier molecular flexibility index (Phi) is 3.45.